The Labute approximate surface area is 93.4 Å². The summed E-state index contributed by atoms with van der Waals surface area (Å²) >= 11 is 0. The Hall–Kier alpha value is -0.410. The van der Waals surface area contributed by atoms with Crippen molar-refractivity contribution in [2.24, 2.45) is 5.92 Å². The van der Waals surface area contributed by atoms with Gasteiger partial charge in [0.25, 0.3) is 0 Å². The van der Waals surface area contributed by atoms with Crippen molar-refractivity contribution in [3.05, 3.63) is 0 Å². The van der Waals surface area contributed by atoms with Gasteiger partial charge in [0.1, 0.15) is 5.78 Å². The fraction of sp³-hybridized carbons (Fsp3) is 0.917. The Kier molecular flexibility index (Phi) is 4.74. The predicted octanol–water partition coefficient (Wildman–Crippen LogP) is 1.24. The number of likely N-dealkylation sites (N-methyl/N-ethyl adjacent to an activating group) is 1. The van der Waals surface area contributed by atoms with Crippen molar-refractivity contribution in [1.29, 1.82) is 0 Å². The number of hydrogen-bond donors (Lipinski definition) is 0. The van der Waals surface area contributed by atoms with E-state index in [-0.39, 0.29) is 11.8 Å². The smallest absolute Gasteiger partial charge is 0.146 e. The highest BCUT2D eigenvalue weighted by Crippen LogP contribution is 2.17. The van der Waals surface area contributed by atoms with E-state index in [4.69, 9.17) is 0 Å². The van der Waals surface area contributed by atoms with Crippen molar-refractivity contribution in [2.45, 2.75) is 32.7 Å². The zero-order valence-corrected chi connectivity index (χ0v) is 10.5. The second-order valence-electron chi connectivity index (χ2n) is 4.97. The predicted molar refractivity (Wildman–Crippen MR) is 63.0 cm³/mol. The maximum atomic E-state index is 11.2. The van der Waals surface area contributed by atoms with E-state index in [1.54, 1.807) is 6.92 Å². The van der Waals surface area contributed by atoms with Crippen molar-refractivity contribution in [3.63, 3.8) is 0 Å². The molecule has 1 saturated heterocycles. The van der Waals surface area contributed by atoms with Crippen LogP contribution in [0.15, 0.2) is 0 Å². The van der Waals surface area contributed by atoms with Crippen LogP contribution in [0.2, 0.25) is 0 Å². The molecule has 0 spiro atoms. The van der Waals surface area contributed by atoms with E-state index >= 15 is 0 Å². The number of Topliss-reactive ketones (excluding diaryl/α,β-unsaturated/α-hetero) is 1. The molecule has 1 aliphatic heterocycles. The van der Waals surface area contributed by atoms with Gasteiger partial charge < -0.3 is 4.90 Å². The molecule has 1 fully saturated rings. The molecule has 0 N–H and O–H groups in total. The van der Waals surface area contributed by atoms with Crippen LogP contribution >= 0.6 is 0 Å². The van der Waals surface area contributed by atoms with Crippen LogP contribution in [0.3, 0.4) is 0 Å². The Morgan fingerprint density at radius 2 is 2.00 bits per heavy atom. The quantitative estimate of drug-likeness (QED) is 0.700. The van der Waals surface area contributed by atoms with Gasteiger partial charge in [-0.25, -0.2) is 0 Å². The summed E-state index contributed by atoms with van der Waals surface area (Å²) in [4.78, 5) is 15.8. The molecule has 0 amide bonds. The maximum Gasteiger partial charge on any atom is 0.146 e. The highest BCUT2D eigenvalue weighted by atomic mass is 16.1. The van der Waals surface area contributed by atoms with E-state index in [1.807, 2.05) is 6.92 Å². The molecular formula is C12H24N2O. The lowest BCUT2D eigenvalue weighted by Gasteiger charge is -2.33. The molecule has 1 heterocycles. The number of piperidine rings is 1. The fourth-order valence-corrected chi connectivity index (χ4v) is 2.12. The summed E-state index contributed by atoms with van der Waals surface area (Å²) in [6.45, 7) is 7.14. The van der Waals surface area contributed by atoms with E-state index in [0.29, 0.717) is 0 Å². The summed E-state index contributed by atoms with van der Waals surface area (Å²) in [5.41, 5.74) is 0. The first-order chi connectivity index (χ1) is 7.00. The minimum Gasteiger partial charge on any atom is -0.306 e. The van der Waals surface area contributed by atoms with Crippen LogP contribution in [0.4, 0.5) is 0 Å². The molecule has 3 nitrogen and oxygen atoms in total. The number of rotatable bonds is 4. The summed E-state index contributed by atoms with van der Waals surface area (Å²) in [7, 11) is 4.24. The molecule has 0 aromatic heterocycles. The van der Waals surface area contributed by atoms with Crippen LogP contribution in [0, 0.1) is 5.92 Å². The average Bonchev–Trinajstić information content (AvgIpc) is 2.20. The van der Waals surface area contributed by atoms with Crippen molar-refractivity contribution < 1.29 is 4.79 Å². The first-order valence-corrected chi connectivity index (χ1v) is 5.90. The van der Waals surface area contributed by atoms with Crippen molar-refractivity contribution >= 4 is 5.78 Å². The molecule has 3 heteroatoms. The van der Waals surface area contributed by atoms with Crippen molar-refractivity contribution in [3.8, 4) is 0 Å². The van der Waals surface area contributed by atoms with E-state index < -0.39 is 0 Å². The molecule has 1 unspecified atom stereocenters. The summed E-state index contributed by atoms with van der Waals surface area (Å²) in [6.07, 6.45) is 2.54. The van der Waals surface area contributed by atoms with Gasteiger partial charge in [0.2, 0.25) is 0 Å². The molecule has 1 aliphatic rings. The maximum absolute atomic E-state index is 11.2. The summed E-state index contributed by atoms with van der Waals surface area (Å²) in [5.74, 6) is 1.04. The minimum atomic E-state index is 0.0738. The van der Waals surface area contributed by atoms with Gasteiger partial charge in [-0.15, -0.1) is 0 Å². The summed E-state index contributed by atoms with van der Waals surface area (Å²) in [6, 6.07) is 0.0738. The molecule has 15 heavy (non-hydrogen) atoms. The standard InChI is InChI=1S/C12H24N2O/c1-10(11(2)15)14(4)9-12-5-7-13(3)8-6-12/h10,12H,5-9H2,1-4H3. The molecular weight excluding hydrogens is 188 g/mol. The lowest BCUT2D eigenvalue weighted by atomic mass is 9.96. The Bertz CT molecular complexity index is 210. The molecule has 1 atom stereocenters. The van der Waals surface area contributed by atoms with Gasteiger partial charge in [-0.05, 0) is 59.8 Å². The monoisotopic (exact) mass is 212 g/mol. The van der Waals surface area contributed by atoms with Gasteiger partial charge in [0.15, 0.2) is 0 Å². The van der Waals surface area contributed by atoms with Crippen LogP contribution in [0.25, 0.3) is 0 Å². The average molecular weight is 212 g/mol. The number of likely N-dealkylation sites (tertiary alicyclic amines) is 1. The highest BCUT2D eigenvalue weighted by molar-refractivity contribution is 5.80. The number of carbonyl (C=O) groups is 1. The number of ketones is 1. The third kappa shape index (κ3) is 3.92. The van der Waals surface area contributed by atoms with Gasteiger partial charge in [0.05, 0.1) is 6.04 Å². The molecule has 0 aromatic carbocycles. The molecule has 0 aromatic rings. The topological polar surface area (TPSA) is 23.6 Å². The second-order valence-corrected chi connectivity index (χ2v) is 4.97. The SMILES string of the molecule is CC(=O)C(C)N(C)CC1CCN(C)CC1. The zero-order chi connectivity index (χ0) is 11.4. The number of hydrogen-bond acceptors (Lipinski definition) is 3. The normalized spacial score (nSPS) is 21.9. The molecule has 0 bridgehead atoms. The Balaban J connectivity index is 2.32. The summed E-state index contributed by atoms with van der Waals surface area (Å²) < 4.78 is 0. The van der Waals surface area contributed by atoms with E-state index in [2.05, 4.69) is 23.9 Å². The van der Waals surface area contributed by atoms with E-state index in [1.165, 1.54) is 25.9 Å². The van der Waals surface area contributed by atoms with Gasteiger partial charge in [-0.2, -0.15) is 0 Å². The van der Waals surface area contributed by atoms with Crippen LogP contribution < -0.4 is 0 Å². The van der Waals surface area contributed by atoms with Gasteiger partial charge in [-0.1, -0.05) is 0 Å². The van der Waals surface area contributed by atoms with Crippen molar-refractivity contribution in [1.82, 2.24) is 9.80 Å². The van der Waals surface area contributed by atoms with E-state index in [9.17, 15) is 4.79 Å². The molecule has 88 valence electrons. The van der Waals surface area contributed by atoms with Crippen molar-refractivity contribution in [2.75, 3.05) is 33.7 Å². The molecule has 0 saturated carbocycles. The highest BCUT2D eigenvalue weighted by Gasteiger charge is 2.21. The first kappa shape index (κ1) is 12.7. The fourth-order valence-electron chi connectivity index (χ4n) is 2.12. The summed E-state index contributed by atoms with van der Waals surface area (Å²) in [5, 5.41) is 0. The Morgan fingerprint density at radius 1 is 1.47 bits per heavy atom. The Morgan fingerprint density at radius 3 is 2.47 bits per heavy atom. The third-order valence-electron chi connectivity index (χ3n) is 3.63. The largest absolute Gasteiger partial charge is 0.306 e. The number of nitrogens with zero attached hydrogens (tertiary/aromatic N) is 2. The van der Waals surface area contributed by atoms with E-state index in [0.717, 1.165) is 12.5 Å². The molecule has 1 rings (SSSR count). The van der Waals surface area contributed by atoms with Gasteiger partial charge in [-0.3, -0.25) is 9.69 Å². The lowest BCUT2D eigenvalue weighted by Crippen LogP contribution is -2.41. The van der Waals surface area contributed by atoms with Crippen LogP contribution in [0.1, 0.15) is 26.7 Å². The number of carbonyl (C=O) groups excluding carboxylic acids is 1. The van der Waals surface area contributed by atoms with Crippen LogP contribution in [-0.4, -0.2) is 55.4 Å². The van der Waals surface area contributed by atoms with Gasteiger partial charge in [0, 0.05) is 6.54 Å². The first-order valence-electron chi connectivity index (χ1n) is 5.90. The molecule has 0 radical (unpaired) electrons. The zero-order valence-electron chi connectivity index (χ0n) is 10.5. The lowest BCUT2D eigenvalue weighted by molar-refractivity contribution is -0.121. The third-order valence-corrected chi connectivity index (χ3v) is 3.63. The second kappa shape index (κ2) is 5.61. The molecule has 0 aliphatic carbocycles. The minimum absolute atomic E-state index is 0.0738. The van der Waals surface area contributed by atoms with Crippen LogP contribution in [0.5, 0.6) is 0 Å². The van der Waals surface area contributed by atoms with Gasteiger partial charge >= 0.3 is 0 Å². The van der Waals surface area contributed by atoms with Crippen LogP contribution in [-0.2, 0) is 4.79 Å².